The van der Waals surface area contributed by atoms with Crippen LogP contribution in [-0.4, -0.2) is 49.8 Å². The van der Waals surface area contributed by atoms with Crippen molar-refractivity contribution in [1.82, 2.24) is 4.90 Å². The number of nitrogens with zero attached hydrogens (tertiary/aromatic N) is 1. The number of hydrogen-bond donors (Lipinski definition) is 1. The Morgan fingerprint density at radius 3 is 2.48 bits per heavy atom. The van der Waals surface area contributed by atoms with Gasteiger partial charge in [-0.25, -0.2) is 4.79 Å². The molecule has 1 heterocycles. The topological polar surface area (TPSA) is 85.3 Å². The van der Waals surface area contributed by atoms with E-state index < -0.39 is 5.97 Å². The Morgan fingerprint density at radius 1 is 1.10 bits per heavy atom. The van der Waals surface area contributed by atoms with Crippen molar-refractivity contribution in [3.63, 3.8) is 0 Å². The summed E-state index contributed by atoms with van der Waals surface area (Å²) in [5.41, 5.74) is 3.22. The number of carboxylic acids is 1. The second-order valence-corrected chi connectivity index (χ2v) is 6.93. The van der Waals surface area contributed by atoms with E-state index in [1.807, 2.05) is 18.2 Å². The first-order chi connectivity index (χ1) is 14.0. The zero-order valence-corrected chi connectivity index (χ0v) is 16.8. The van der Waals surface area contributed by atoms with Crippen LogP contribution in [-0.2, 0) is 22.5 Å². The molecule has 0 aromatic heterocycles. The molecule has 1 aliphatic rings. The number of methoxy groups -OCH3 is 3. The first-order valence-corrected chi connectivity index (χ1v) is 9.34. The summed E-state index contributed by atoms with van der Waals surface area (Å²) in [5, 5.41) is 9.25. The second-order valence-electron chi connectivity index (χ2n) is 6.93. The highest BCUT2D eigenvalue weighted by Crippen LogP contribution is 2.40. The van der Waals surface area contributed by atoms with Crippen LogP contribution in [0.15, 0.2) is 36.4 Å². The third kappa shape index (κ3) is 4.51. The third-order valence-electron chi connectivity index (χ3n) is 5.26. The maximum Gasteiger partial charge on any atom is 0.335 e. The van der Waals surface area contributed by atoms with Gasteiger partial charge in [0, 0.05) is 19.1 Å². The fourth-order valence-electron chi connectivity index (χ4n) is 3.79. The molecule has 7 nitrogen and oxygen atoms in total. The fraction of sp³-hybridized carbons (Fsp3) is 0.364. The van der Waals surface area contributed by atoms with Crippen molar-refractivity contribution in [3.05, 3.63) is 58.7 Å². The van der Waals surface area contributed by atoms with E-state index in [9.17, 15) is 14.7 Å². The van der Waals surface area contributed by atoms with Gasteiger partial charge >= 0.3 is 11.9 Å². The van der Waals surface area contributed by atoms with E-state index in [0.29, 0.717) is 18.0 Å². The monoisotopic (exact) mass is 399 g/mol. The maximum atomic E-state index is 12.1. The molecular weight excluding hydrogens is 374 g/mol. The number of esters is 1. The van der Waals surface area contributed by atoms with Gasteiger partial charge in [-0.3, -0.25) is 9.69 Å². The van der Waals surface area contributed by atoms with Gasteiger partial charge in [0.15, 0.2) is 11.5 Å². The average Bonchev–Trinajstić information content (AvgIpc) is 2.74. The molecule has 1 N–H and O–H groups in total. The van der Waals surface area contributed by atoms with Crippen LogP contribution in [0.2, 0.25) is 0 Å². The Morgan fingerprint density at radius 2 is 1.83 bits per heavy atom. The molecule has 1 atom stereocenters. The summed E-state index contributed by atoms with van der Waals surface area (Å²) >= 11 is 0. The molecule has 0 spiro atoms. The Kier molecular flexibility index (Phi) is 6.39. The van der Waals surface area contributed by atoms with Crippen LogP contribution in [0, 0.1) is 0 Å². The summed E-state index contributed by atoms with van der Waals surface area (Å²) < 4.78 is 15.8. The summed E-state index contributed by atoms with van der Waals surface area (Å²) in [6.07, 6.45) is 0.976. The lowest BCUT2D eigenvalue weighted by Crippen LogP contribution is -2.36. The van der Waals surface area contributed by atoms with Crippen LogP contribution in [0.5, 0.6) is 11.5 Å². The quantitative estimate of drug-likeness (QED) is 0.716. The number of aromatic carboxylic acids is 1. The first kappa shape index (κ1) is 20.7. The van der Waals surface area contributed by atoms with Crippen molar-refractivity contribution in [3.8, 4) is 11.5 Å². The van der Waals surface area contributed by atoms with Gasteiger partial charge in [0.2, 0.25) is 0 Å². The average molecular weight is 399 g/mol. The van der Waals surface area contributed by atoms with E-state index in [-0.39, 0.29) is 24.0 Å². The molecule has 3 rings (SSSR count). The molecule has 2 aromatic carbocycles. The molecule has 0 saturated heterocycles. The molecule has 2 aromatic rings. The van der Waals surface area contributed by atoms with Gasteiger partial charge in [0.1, 0.15) is 0 Å². The van der Waals surface area contributed by atoms with E-state index in [0.717, 1.165) is 29.7 Å². The third-order valence-corrected chi connectivity index (χ3v) is 5.26. The molecule has 1 unspecified atom stereocenters. The van der Waals surface area contributed by atoms with Crippen molar-refractivity contribution < 1.29 is 28.9 Å². The van der Waals surface area contributed by atoms with Gasteiger partial charge in [-0.2, -0.15) is 0 Å². The minimum absolute atomic E-state index is 0.192. The fourth-order valence-corrected chi connectivity index (χ4v) is 3.79. The SMILES string of the molecule is COC(=O)CC1c2cc(OC)c(OC)cc2CCN1Cc1cccc(C(=O)O)c1. The lowest BCUT2D eigenvalue weighted by atomic mass is 9.89. The van der Waals surface area contributed by atoms with E-state index in [1.165, 1.54) is 7.11 Å². The minimum atomic E-state index is -0.959. The number of carboxylic acid groups (broad SMARTS) is 1. The normalized spacial score (nSPS) is 16.0. The number of carbonyl (C=O) groups is 2. The molecule has 29 heavy (non-hydrogen) atoms. The highest BCUT2D eigenvalue weighted by atomic mass is 16.5. The van der Waals surface area contributed by atoms with Crippen LogP contribution in [0.4, 0.5) is 0 Å². The number of ether oxygens (including phenoxy) is 3. The van der Waals surface area contributed by atoms with Crippen LogP contribution >= 0.6 is 0 Å². The Labute approximate surface area is 169 Å². The predicted molar refractivity (Wildman–Crippen MR) is 106 cm³/mol. The van der Waals surface area contributed by atoms with Crippen LogP contribution in [0.1, 0.15) is 39.5 Å². The van der Waals surface area contributed by atoms with Gasteiger partial charge in [-0.15, -0.1) is 0 Å². The molecule has 0 bridgehead atoms. The zero-order chi connectivity index (χ0) is 21.0. The summed E-state index contributed by atoms with van der Waals surface area (Å²) in [5.74, 6) is 0.00206. The van der Waals surface area contributed by atoms with E-state index >= 15 is 0 Å². The summed E-state index contributed by atoms with van der Waals surface area (Å²) in [4.78, 5) is 25.6. The van der Waals surface area contributed by atoms with Gasteiger partial charge in [0.05, 0.1) is 33.3 Å². The number of fused-ring (bicyclic) bond motifs is 1. The van der Waals surface area contributed by atoms with Crippen molar-refractivity contribution in [1.29, 1.82) is 0 Å². The van der Waals surface area contributed by atoms with Gasteiger partial charge in [-0.1, -0.05) is 12.1 Å². The molecule has 7 heteroatoms. The minimum Gasteiger partial charge on any atom is -0.493 e. The number of hydrogen-bond acceptors (Lipinski definition) is 6. The highest BCUT2D eigenvalue weighted by Gasteiger charge is 2.31. The van der Waals surface area contributed by atoms with Gasteiger partial charge in [-0.05, 0) is 47.4 Å². The molecule has 154 valence electrons. The van der Waals surface area contributed by atoms with Crippen LogP contribution in [0.3, 0.4) is 0 Å². The first-order valence-electron chi connectivity index (χ1n) is 9.34. The smallest absolute Gasteiger partial charge is 0.335 e. The number of carbonyl (C=O) groups excluding carboxylic acids is 1. The van der Waals surface area contributed by atoms with E-state index in [4.69, 9.17) is 14.2 Å². The van der Waals surface area contributed by atoms with Crippen molar-refractivity contribution >= 4 is 11.9 Å². The van der Waals surface area contributed by atoms with Crippen LogP contribution in [0.25, 0.3) is 0 Å². The van der Waals surface area contributed by atoms with Gasteiger partial charge in [0.25, 0.3) is 0 Å². The predicted octanol–water partition coefficient (Wildman–Crippen LogP) is 3.06. The second kappa shape index (κ2) is 8.96. The molecule has 0 fully saturated rings. The largest absolute Gasteiger partial charge is 0.493 e. The summed E-state index contributed by atoms with van der Waals surface area (Å²) in [6, 6.07) is 10.5. The Bertz CT molecular complexity index is 910. The maximum absolute atomic E-state index is 12.1. The lowest BCUT2D eigenvalue weighted by molar-refractivity contribution is -0.142. The van der Waals surface area contributed by atoms with Crippen molar-refractivity contribution in [2.45, 2.75) is 25.4 Å². The van der Waals surface area contributed by atoms with E-state index in [1.54, 1.807) is 32.4 Å². The standard InChI is InChI=1S/C22H25NO6/c1-27-19-10-15-7-8-23(13-14-5-4-6-16(9-14)22(25)26)18(12-21(24)29-3)17(15)11-20(19)28-2/h4-6,9-11,18H,7-8,12-13H2,1-3H3,(H,25,26). The molecule has 0 saturated carbocycles. The summed E-state index contributed by atoms with van der Waals surface area (Å²) in [7, 11) is 4.56. The molecule has 0 amide bonds. The lowest BCUT2D eigenvalue weighted by Gasteiger charge is -2.37. The van der Waals surface area contributed by atoms with Crippen LogP contribution < -0.4 is 9.47 Å². The van der Waals surface area contributed by atoms with Gasteiger partial charge < -0.3 is 19.3 Å². The Hall–Kier alpha value is -3.06. The number of rotatable bonds is 7. The summed E-state index contributed by atoms with van der Waals surface area (Å²) in [6.45, 7) is 1.25. The number of benzene rings is 2. The molecule has 1 aliphatic heterocycles. The highest BCUT2D eigenvalue weighted by molar-refractivity contribution is 5.87. The van der Waals surface area contributed by atoms with Crippen molar-refractivity contribution in [2.75, 3.05) is 27.9 Å². The Balaban J connectivity index is 1.96. The van der Waals surface area contributed by atoms with E-state index in [2.05, 4.69) is 4.90 Å². The molecule has 0 aliphatic carbocycles. The van der Waals surface area contributed by atoms with Crippen molar-refractivity contribution in [2.24, 2.45) is 0 Å². The zero-order valence-electron chi connectivity index (χ0n) is 16.8. The molecule has 0 radical (unpaired) electrons. The molecular formula is C22H25NO6.